The molecule has 2 aliphatic rings. The second-order valence-corrected chi connectivity index (χ2v) is 10.0. The molecule has 4 rings (SSSR count). The quantitative estimate of drug-likeness (QED) is 0.821. The summed E-state index contributed by atoms with van der Waals surface area (Å²) >= 11 is 0. The third-order valence-electron chi connectivity index (χ3n) is 5.63. The second kappa shape index (κ2) is 6.43. The highest BCUT2D eigenvalue weighted by Gasteiger charge is 2.56. The van der Waals surface area contributed by atoms with E-state index in [9.17, 15) is 8.42 Å². The van der Waals surface area contributed by atoms with Crippen molar-refractivity contribution in [2.45, 2.75) is 38.0 Å². The van der Waals surface area contributed by atoms with Gasteiger partial charge in [0.25, 0.3) is 0 Å². The highest BCUT2D eigenvalue weighted by molar-refractivity contribution is 7.94. The monoisotopic (exact) mass is 374 g/mol. The summed E-state index contributed by atoms with van der Waals surface area (Å²) in [4.78, 5) is 2.32. The number of fused-ring (bicyclic) bond motifs is 2. The van der Waals surface area contributed by atoms with Crippen LogP contribution in [0.3, 0.4) is 0 Å². The molecule has 1 aromatic carbocycles. The van der Waals surface area contributed by atoms with Gasteiger partial charge in [-0.05, 0) is 36.5 Å². The van der Waals surface area contributed by atoms with Crippen LogP contribution in [0.2, 0.25) is 0 Å². The van der Waals surface area contributed by atoms with Gasteiger partial charge in [0.15, 0.2) is 0 Å². The van der Waals surface area contributed by atoms with Crippen LogP contribution in [0, 0.1) is 5.92 Å². The van der Waals surface area contributed by atoms with Crippen molar-refractivity contribution in [2.24, 2.45) is 5.92 Å². The molecular weight excluding hydrogens is 348 g/mol. The number of nitrogens with zero attached hydrogens (tertiary/aromatic N) is 2. The maximum atomic E-state index is 13.6. The smallest absolute Gasteiger partial charge is 0.245 e. The molecule has 0 radical (unpaired) electrons. The van der Waals surface area contributed by atoms with Gasteiger partial charge in [0.2, 0.25) is 10.0 Å². The minimum absolute atomic E-state index is 0.286. The van der Waals surface area contributed by atoms with Gasteiger partial charge in [-0.2, -0.15) is 0 Å². The highest BCUT2D eigenvalue weighted by atomic mass is 32.2. The molecule has 1 fully saturated rings. The SMILES string of the molecule is CC(C)CN1c2ccccc2C2(CCN(Cc3ccoc3)CC2)S1(=O)=O. The summed E-state index contributed by atoms with van der Waals surface area (Å²) < 4.78 is 33.2. The molecule has 0 aliphatic carbocycles. The van der Waals surface area contributed by atoms with Crippen LogP contribution in [0.5, 0.6) is 0 Å². The minimum Gasteiger partial charge on any atom is -0.472 e. The molecule has 2 aromatic rings. The molecule has 0 bridgehead atoms. The van der Waals surface area contributed by atoms with E-state index in [4.69, 9.17) is 4.42 Å². The lowest BCUT2D eigenvalue weighted by Crippen LogP contribution is -2.48. The van der Waals surface area contributed by atoms with Crippen molar-refractivity contribution in [1.82, 2.24) is 4.90 Å². The van der Waals surface area contributed by atoms with Gasteiger partial charge in [-0.1, -0.05) is 32.0 Å². The molecule has 0 atom stereocenters. The number of hydrogen-bond donors (Lipinski definition) is 0. The first-order chi connectivity index (χ1) is 12.4. The van der Waals surface area contributed by atoms with E-state index in [0.717, 1.165) is 36.4 Å². The summed E-state index contributed by atoms with van der Waals surface area (Å²) in [5, 5.41) is 0. The van der Waals surface area contributed by atoms with Crippen molar-refractivity contribution in [1.29, 1.82) is 0 Å². The fourth-order valence-corrected chi connectivity index (χ4v) is 6.81. The number of furan rings is 1. The zero-order valence-corrected chi connectivity index (χ0v) is 16.2. The molecule has 1 spiro atoms. The number of likely N-dealkylation sites (tertiary alicyclic amines) is 1. The van der Waals surface area contributed by atoms with E-state index in [-0.39, 0.29) is 5.92 Å². The first-order valence-electron chi connectivity index (χ1n) is 9.29. The molecule has 1 aromatic heterocycles. The van der Waals surface area contributed by atoms with E-state index < -0.39 is 14.8 Å². The number of anilines is 1. The van der Waals surface area contributed by atoms with E-state index >= 15 is 0 Å². The number of benzene rings is 1. The molecule has 6 heteroatoms. The van der Waals surface area contributed by atoms with E-state index in [1.54, 1.807) is 16.8 Å². The Morgan fingerprint density at radius 1 is 1.15 bits per heavy atom. The molecule has 1 saturated heterocycles. The van der Waals surface area contributed by atoms with Crippen molar-refractivity contribution in [3.8, 4) is 0 Å². The molecule has 0 amide bonds. The summed E-state index contributed by atoms with van der Waals surface area (Å²) in [5.74, 6) is 0.286. The van der Waals surface area contributed by atoms with Gasteiger partial charge in [-0.25, -0.2) is 8.42 Å². The number of hydrogen-bond acceptors (Lipinski definition) is 4. The molecule has 3 heterocycles. The number of para-hydroxylation sites is 1. The Hall–Kier alpha value is -1.79. The van der Waals surface area contributed by atoms with Crippen LogP contribution in [0.15, 0.2) is 47.3 Å². The van der Waals surface area contributed by atoms with Gasteiger partial charge in [-0.3, -0.25) is 9.21 Å². The van der Waals surface area contributed by atoms with Crippen LogP contribution in [-0.4, -0.2) is 33.0 Å². The molecule has 5 nitrogen and oxygen atoms in total. The van der Waals surface area contributed by atoms with E-state index in [2.05, 4.69) is 18.7 Å². The second-order valence-electron chi connectivity index (χ2n) is 7.85. The first-order valence-corrected chi connectivity index (χ1v) is 10.7. The van der Waals surface area contributed by atoms with Crippen LogP contribution in [-0.2, 0) is 21.3 Å². The zero-order chi connectivity index (χ0) is 18.4. The highest BCUT2D eigenvalue weighted by Crippen LogP contribution is 2.52. The van der Waals surface area contributed by atoms with E-state index in [1.165, 1.54) is 0 Å². The van der Waals surface area contributed by atoms with Crippen LogP contribution < -0.4 is 4.31 Å². The van der Waals surface area contributed by atoms with Crippen molar-refractivity contribution in [2.75, 3.05) is 23.9 Å². The predicted molar refractivity (Wildman–Crippen MR) is 102 cm³/mol. The van der Waals surface area contributed by atoms with Crippen LogP contribution in [0.1, 0.15) is 37.8 Å². The Morgan fingerprint density at radius 2 is 1.88 bits per heavy atom. The average molecular weight is 375 g/mol. The zero-order valence-electron chi connectivity index (χ0n) is 15.4. The van der Waals surface area contributed by atoms with Crippen molar-refractivity contribution in [3.63, 3.8) is 0 Å². The number of sulfonamides is 1. The van der Waals surface area contributed by atoms with Crippen molar-refractivity contribution >= 4 is 15.7 Å². The Balaban J connectivity index is 1.64. The van der Waals surface area contributed by atoms with E-state index in [0.29, 0.717) is 19.4 Å². The first kappa shape index (κ1) is 17.6. The lowest BCUT2D eigenvalue weighted by molar-refractivity contribution is 0.189. The molecule has 26 heavy (non-hydrogen) atoms. The molecule has 0 saturated carbocycles. The van der Waals surface area contributed by atoms with Crippen molar-refractivity contribution < 1.29 is 12.8 Å². The van der Waals surface area contributed by atoms with Gasteiger partial charge in [0.05, 0.1) is 18.2 Å². The summed E-state index contributed by atoms with van der Waals surface area (Å²) in [6.07, 6.45) is 4.72. The van der Waals surface area contributed by atoms with Crippen LogP contribution in [0.4, 0.5) is 5.69 Å². The van der Waals surface area contributed by atoms with Gasteiger partial charge in [0.1, 0.15) is 4.75 Å². The summed E-state index contributed by atoms with van der Waals surface area (Å²) in [7, 11) is -3.40. The summed E-state index contributed by atoms with van der Waals surface area (Å²) in [6, 6.07) is 9.85. The van der Waals surface area contributed by atoms with Crippen molar-refractivity contribution in [3.05, 3.63) is 54.0 Å². The molecular formula is C20H26N2O3S. The molecule has 0 N–H and O–H groups in total. The third kappa shape index (κ3) is 2.67. The lowest BCUT2D eigenvalue weighted by atomic mass is 9.87. The fraction of sp³-hybridized carbons (Fsp3) is 0.500. The molecule has 0 unspecified atom stereocenters. The average Bonchev–Trinajstić information content (AvgIpc) is 3.18. The third-order valence-corrected chi connectivity index (χ3v) is 8.17. The van der Waals surface area contributed by atoms with E-state index in [1.807, 2.05) is 30.3 Å². The maximum Gasteiger partial charge on any atom is 0.245 e. The number of rotatable bonds is 4. The van der Waals surface area contributed by atoms with Gasteiger partial charge in [-0.15, -0.1) is 0 Å². The lowest BCUT2D eigenvalue weighted by Gasteiger charge is -2.39. The van der Waals surface area contributed by atoms with Crippen LogP contribution in [0.25, 0.3) is 0 Å². The topological polar surface area (TPSA) is 53.8 Å². The Kier molecular flexibility index (Phi) is 4.35. The summed E-state index contributed by atoms with van der Waals surface area (Å²) in [5.41, 5.74) is 3.00. The van der Waals surface area contributed by atoms with Crippen LogP contribution >= 0.6 is 0 Å². The molecule has 2 aliphatic heterocycles. The Bertz CT molecular complexity index is 866. The number of piperidine rings is 1. The maximum absolute atomic E-state index is 13.6. The van der Waals surface area contributed by atoms with Gasteiger partial charge < -0.3 is 4.42 Å². The standard InChI is InChI=1S/C20H26N2O3S/c1-16(2)13-22-19-6-4-3-5-18(19)20(26(22,23)24)8-10-21(11-9-20)14-17-7-12-25-15-17/h3-7,12,15-16H,8-11,13-14H2,1-2H3. The fourth-order valence-electron chi connectivity index (χ4n) is 4.32. The normalized spacial score (nSPS) is 21.4. The van der Waals surface area contributed by atoms with Gasteiger partial charge in [0, 0.05) is 31.7 Å². The minimum atomic E-state index is -3.40. The predicted octanol–water partition coefficient (Wildman–Crippen LogP) is 3.58. The molecule has 140 valence electrons. The summed E-state index contributed by atoms with van der Waals surface area (Å²) in [6.45, 7) is 7.03. The largest absolute Gasteiger partial charge is 0.472 e. The Labute approximate surface area is 155 Å². The van der Waals surface area contributed by atoms with Gasteiger partial charge >= 0.3 is 0 Å². The Morgan fingerprint density at radius 3 is 2.54 bits per heavy atom.